The first-order chi connectivity index (χ1) is 21.0. The molecule has 7 amide bonds. The van der Waals surface area contributed by atoms with Gasteiger partial charge in [0.2, 0.25) is 29.5 Å². The minimum absolute atomic E-state index is 0.0931. The smallest absolute Gasteiger partial charge is 0.312 e. The van der Waals surface area contributed by atoms with Gasteiger partial charge in [0.05, 0.1) is 0 Å². The van der Waals surface area contributed by atoms with Crippen molar-refractivity contribution in [2.75, 3.05) is 13.1 Å². The lowest BCUT2D eigenvalue weighted by molar-refractivity contribution is -0.141. The summed E-state index contributed by atoms with van der Waals surface area (Å²) >= 11 is 0. The predicted octanol–water partition coefficient (Wildman–Crippen LogP) is -0.129. The Morgan fingerprint density at radius 2 is 1.34 bits per heavy atom. The number of carbonyl (C=O) groups excluding carboxylic acids is 6. The van der Waals surface area contributed by atoms with Crippen LogP contribution in [-0.4, -0.2) is 77.7 Å². The minimum atomic E-state index is -1.12. The van der Waals surface area contributed by atoms with Crippen LogP contribution in [0.1, 0.15) is 43.7 Å². The zero-order valence-electron chi connectivity index (χ0n) is 24.8. The van der Waals surface area contributed by atoms with Crippen molar-refractivity contribution in [1.29, 1.82) is 0 Å². The maximum absolute atomic E-state index is 13.8. The van der Waals surface area contributed by atoms with Crippen molar-refractivity contribution in [3.8, 4) is 0 Å². The van der Waals surface area contributed by atoms with Gasteiger partial charge in [-0.05, 0) is 36.8 Å². The highest BCUT2D eigenvalue weighted by molar-refractivity contribution is 5.95. The monoisotopic (exact) mass is 607 g/mol. The van der Waals surface area contributed by atoms with Gasteiger partial charge in [0.15, 0.2) is 0 Å². The number of primary amides is 2. The Labute approximate surface area is 256 Å². The second kappa shape index (κ2) is 16.6. The van der Waals surface area contributed by atoms with Crippen LogP contribution in [0.3, 0.4) is 0 Å². The molecule has 0 aromatic heterocycles. The third kappa shape index (κ3) is 10.4. The maximum atomic E-state index is 13.8. The molecule has 1 saturated heterocycles. The van der Waals surface area contributed by atoms with E-state index in [0.29, 0.717) is 19.4 Å². The van der Waals surface area contributed by atoms with Crippen LogP contribution in [0.5, 0.6) is 0 Å². The Kier molecular flexibility index (Phi) is 12.7. The van der Waals surface area contributed by atoms with E-state index in [9.17, 15) is 28.8 Å². The van der Waals surface area contributed by atoms with E-state index in [1.165, 1.54) is 11.8 Å². The van der Waals surface area contributed by atoms with Crippen molar-refractivity contribution in [2.24, 2.45) is 11.5 Å². The fraction of sp³-hybridized carbons (Fsp3) is 0.419. The first-order valence-corrected chi connectivity index (χ1v) is 14.6. The topological polar surface area (TPSA) is 206 Å². The van der Waals surface area contributed by atoms with Crippen LogP contribution >= 0.6 is 0 Å². The zero-order valence-corrected chi connectivity index (χ0v) is 24.8. The average molecular weight is 608 g/mol. The number of hydrogen-bond acceptors (Lipinski definition) is 6. The van der Waals surface area contributed by atoms with E-state index in [2.05, 4.69) is 21.3 Å². The molecule has 13 heteroatoms. The summed E-state index contributed by atoms with van der Waals surface area (Å²) in [6, 6.07) is 13.5. The summed E-state index contributed by atoms with van der Waals surface area (Å²) in [6.45, 7) is 1.77. The van der Waals surface area contributed by atoms with Gasteiger partial charge in [0.25, 0.3) is 0 Å². The molecule has 236 valence electrons. The average Bonchev–Trinajstić information content (AvgIpc) is 3.49. The molecule has 1 aliphatic heterocycles. The van der Waals surface area contributed by atoms with E-state index in [0.717, 1.165) is 11.1 Å². The second-order valence-corrected chi connectivity index (χ2v) is 10.8. The molecule has 0 bridgehead atoms. The zero-order chi connectivity index (χ0) is 32.1. The molecule has 13 nitrogen and oxygen atoms in total. The molecule has 1 fully saturated rings. The standard InChI is InChI=1S/C31H41N7O6/c1-20(39)35-24(18-21-10-4-2-5-11-21)29(42)36-23(14-8-16-34-31(33)44)28(41)37-25(19-22-12-6-3-7-13-22)30(43)38-17-9-15-26(38)27(32)40/h2-7,10-13,23-26H,8-9,14-19H2,1H3,(H2,32,40)(H,35,39)(H,36,42)(H,37,41)(H3,33,34,44)/t23-,24?,25?,26?/m0/s1. The number of hydrogen-bond donors (Lipinski definition) is 6. The summed E-state index contributed by atoms with van der Waals surface area (Å²) < 4.78 is 0. The molecule has 8 N–H and O–H groups in total. The Morgan fingerprint density at radius 3 is 1.89 bits per heavy atom. The Morgan fingerprint density at radius 1 is 0.795 bits per heavy atom. The van der Waals surface area contributed by atoms with Gasteiger partial charge >= 0.3 is 6.03 Å². The van der Waals surface area contributed by atoms with Crippen molar-refractivity contribution < 1.29 is 28.8 Å². The number of nitrogens with two attached hydrogens (primary N) is 2. The van der Waals surface area contributed by atoms with Gasteiger partial charge in [0, 0.05) is 32.9 Å². The highest BCUT2D eigenvalue weighted by atomic mass is 16.2. The van der Waals surface area contributed by atoms with Gasteiger partial charge in [-0.3, -0.25) is 24.0 Å². The fourth-order valence-corrected chi connectivity index (χ4v) is 5.21. The van der Waals surface area contributed by atoms with Crippen LogP contribution < -0.4 is 32.7 Å². The predicted molar refractivity (Wildman–Crippen MR) is 163 cm³/mol. The van der Waals surface area contributed by atoms with E-state index in [4.69, 9.17) is 11.5 Å². The lowest BCUT2D eigenvalue weighted by Crippen LogP contribution is -2.58. The molecule has 1 aliphatic rings. The van der Waals surface area contributed by atoms with Crippen molar-refractivity contribution in [3.63, 3.8) is 0 Å². The van der Waals surface area contributed by atoms with E-state index in [1.807, 2.05) is 60.7 Å². The number of amides is 7. The lowest BCUT2D eigenvalue weighted by Gasteiger charge is -2.29. The van der Waals surface area contributed by atoms with Gasteiger partial charge < -0.3 is 37.6 Å². The van der Waals surface area contributed by atoms with Gasteiger partial charge in [-0.15, -0.1) is 0 Å². The minimum Gasteiger partial charge on any atom is -0.368 e. The van der Waals surface area contributed by atoms with Crippen molar-refractivity contribution in [1.82, 2.24) is 26.2 Å². The highest BCUT2D eigenvalue weighted by Gasteiger charge is 2.37. The molecule has 0 radical (unpaired) electrons. The molecule has 2 aromatic rings. The van der Waals surface area contributed by atoms with Gasteiger partial charge in [-0.2, -0.15) is 0 Å². The molecular formula is C31H41N7O6. The lowest BCUT2D eigenvalue weighted by atomic mass is 10.0. The first-order valence-electron chi connectivity index (χ1n) is 14.6. The van der Waals surface area contributed by atoms with Gasteiger partial charge in [-0.25, -0.2) is 4.79 Å². The molecule has 2 aromatic carbocycles. The third-order valence-corrected chi connectivity index (χ3v) is 7.34. The molecular weight excluding hydrogens is 566 g/mol. The summed E-state index contributed by atoms with van der Waals surface area (Å²) in [4.78, 5) is 77.5. The summed E-state index contributed by atoms with van der Waals surface area (Å²) in [5.41, 5.74) is 12.3. The number of urea groups is 1. The molecule has 0 spiro atoms. The van der Waals surface area contributed by atoms with Gasteiger partial charge in [-0.1, -0.05) is 60.7 Å². The second-order valence-electron chi connectivity index (χ2n) is 10.8. The van der Waals surface area contributed by atoms with Crippen LogP contribution in [0.2, 0.25) is 0 Å². The van der Waals surface area contributed by atoms with Crippen molar-refractivity contribution in [3.05, 3.63) is 71.8 Å². The van der Waals surface area contributed by atoms with Crippen LogP contribution in [0.25, 0.3) is 0 Å². The number of benzene rings is 2. The largest absolute Gasteiger partial charge is 0.368 e. The van der Waals surface area contributed by atoms with Gasteiger partial charge in [0.1, 0.15) is 24.2 Å². The van der Waals surface area contributed by atoms with Crippen LogP contribution in [0, 0.1) is 0 Å². The molecule has 44 heavy (non-hydrogen) atoms. The van der Waals surface area contributed by atoms with Crippen molar-refractivity contribution >= 4 is 35.6 Å². The number of nitrogens with zero attached hydrogens (tertiary/aromatic N) is 1. The maximum Gasteiger partial charge on any atom is 0.312 e. The quantitative estimate of drug-likeness (QED) is 0.152. The SMILES string of the molecule is CC(=O)NC(Cc1ccccc1)C(=O)N[C@@H](CCCNC(N)=O)C(=O)NC(Cc1ccccc1)C(=O)N1CCCC1C(N)=O. The summed E-state index contributed by atoms with van der Waals surface area (Å²) in [5, 5.41) is 10.6. The molecule has 3 unspecified atom stereocenters. The van der Waals surface area contributed by atoms with Crippen LogP contribution in [0.4, 0.5) is 4.79 Å². The van der Waals surface area contributed by atoms with E-state index < -0.39 is 59.7 Å². The number of rotatable bonds is 15. The summed E-state index contributed by atoms with van der Waals surface area (Å²) in [5.74, 6) is -2.72. The number of likely N-dealkylation sites (tertiary alicyclic amines) is 1. The van der Waals surface area contributed by atoms with Crippen LogP contribution in [0.15, 0.2) is 60.7 Å². The Balaban J connectivity index is 1.83. The third-order valence-electron chi connectivity index (χ3n) is 7.34. The van der Waals surface area contributed by atoms with E-state index >= 15 is 0 Å². The normalized spacial score (nSPS) is 16.2. The highest BCUT2D eigenvalue weighted by Crippen LogP contribution is 2.19. The summed E-state index contributed by atoms with van der Waals surface area (Å²) in [6.07, 6.45) is 1.73. The van der Waals surface area contributed by atoms with Crippen molar-refractivity contribution in [2.45, 2.75) is 69.6 Å². The molecule has 1 heterocycles. The Hall–Kier alpha value is -4.94. The van der Waals surface area contributed by atoms with E-state index in [1.54, 1.807) is 0 Å². The summed E-state index contributed by atoms with van der Waals surface area (Å²) in [7, 11) is 0. The number of carbonyl (C=O) groups is 6. The molecule has 4 atom stereocenters. The fourth-order valence-electron chi connectivity index (χ4n) is 5.21. The molecule has 0 aliphatic carbocycles. The molecule has 0 saturated carbocycles. The Bertz CT molecular complexity index is 1310. The van der Waals surface area contributed by atoms with E-state index in [-0.39, 0.29) is 32.2 Å². The first kappa shape index (κ1) is 33.6. The molecule has 3 rings (SSSR count). The van der Waals surface area contributed by atoms with Crippen LogP contribution in [-0.2, 0) is 36.8 Å². The number of nitrogens with one attached hydrogen (secondary N) is 4.